The number of imidazole rings is 1. The van der Waals surface area contributed by atoms with Crippen molar-refractivity contribution in [1.82, 2.24) is 14.9 Å². The monoisotopic (exact) mass is 357 g/mol. The number of carbonyl (C=O) groups excluding carboxylic acids is 1. The van der Waals surface area contributed by atoms with Crippen LogP contribution in [0.3, 0.4) is 0 Å². The lowest BCUT2D eigenvalue weighted by atomic mass is 10.2. The normalized spacial score (nSPS) is 9.92. The van der Waals surface area contributed by atoms with E-state index in [2.05, 4.69) is 10.3 Å². The molecule has 0 unspecified atom stereocenters. The standard InChI is InChI=1S/C19H19N3O2.ClH/c23-19(21-11-4-13-22-14-12-20-15-22)16-7-9-18(10-8-16)24-17-5-2-1-3-6-17;/h1-3,5-10,12,14-15H,4,11,13H2,(H,21,23);1H. The zero-order valence-electron chi connectivity index (χ0n) is 13.7. The van der Waals surface area contributed by atoms with Crippen LogP contribution in [0.4, 0.5) is 0 Å². The van der Waals surface area contributed by atoms with Gasteiger partial charge in [0.05, 0.1) is 6.33 Å². The van der Waals surface area contributed by atoms with Gasteiger partial charge in [-0.1, -0.05) is 18.2 Å². The van der Waals surface area contributed by atoms with Gasteiger partial charge in [-0.25, -0.2) is 4.98 Å². The molecule has 0 fully saturated rings. The molecule has 1 amide bonds. The molecule has 2 aromatic carbocycles. The molecule has 0 saturated carbocycles. The van der Waals surface area contributed by atoms with Crippen LogP contribution in [0.25, 0.3) is 0 Å². The number of hydrogen-bond acceptors (Lipinski definition) is 3. The molecule has 130 valence electrons. The molecular weight excluding hydrogens is 338 g/mol. The summed E-state index contributed by atoms with van der Waals surface area (Å²) < 4.78 is 7.70. The first-order valence-corrected chi connectivity index (χ1v) is 7.88. The van der Waals surface area contributed by atoms with Crippen LogP contribution in [0.5, 0.6) is 11.5 Å². The van der Waals surface area contributed by atoms with Crippen LogP contribution in [0.2, 0.25) is 0 Å². The number of hydrogen-bond donors (Lipinski definition) is 1. The quantitative estimate of drug-likeness (QED) is 0.652. The van der Waals surface area contributed by atoms with Crippen LogP contribution in [-0.4, -0.2) is 22.0 Å². The number of rotatable bonds is 7. The Hall–Kier alpha value is -2.79. The number of nitrogens with one attached hydrogen (secondary N) is 1. The number of nitrogens with zero attached hydrogens (tertiary/aromatic N) is 2. The number of aryl methyl sites for hydroxylation is 1. The highest BCUT2D eigenvalue weighted by atomic mass is 35.5. The second kappa shape index (κ2) is 9.49. The van der Waals surface area contributed by atoms with Gasteiger partial charge < -0.3 is 14.6 Å². The Labute approximate surface area is 153 Å². The number of carbonyl (C=O) groups is 1. The molecule has 0 aliphatic carbocycles. The summed E-state index contributed by atoms with van der Waals surface area (Å²) in [4.78, 5) is 16.1. The maximum Gasteiger partial charge on any atom is 0.251 e. The predicted octanol–water partition coefficient (Wildman–Crippen LogP) is 3.92. The van der Waals surface area contributed by atoms with Crippen molar-refractivity contribution in [3.05, 3.63) is 78.9 Å². The average molecular weight is 358 g/mol. The SMILES string of the molecule is Cl.O=C(NCCCn1ccnc1)c1ccc(Oc2ccccc2)cc1. The van der Waals surface area contributed by atoms with Crippen LogP contribution in [0, 0.1) is 0 Å². The van der Waals surface area contributed by atoms with Gasteiger partial charge in [-0.15, -0.1) is 12.4 Å². The highest BCUT2D eigenvalue weighted by Crippen LogP contribution is 2.21. The maximum atomic E-state index is 12.1. The molecule has 1 aromatic heterocycles. The summed E-state index contributed by atoms with van der Waals surface area (Å²) >= 11 is 0. The van der Waals surface area contributed by atoms with Gasteiger partial charge in [0, 0.05) is 31.0 Å². The van der Waals surface area contributed by atoms with E-state index in [9.17, 15) is 4.79 Å². The van der Waals surface area contributed by atoms with Gasteiger partial charge in [-0.05, 0) is 42.8 Å². The molecule has 25 heavy (non-hydrogen) atoms. The Morgan fingerprint density at radius 2 is 1.76 bits per heavy atom. The molecule has 3 aromatic rings. The number of ether oxygens (including phenoxy) is 1. The molecule has 6 heteroatoms. The largest absolute Gasteiger partial charge is 0.457 e. The molecule has 1 N–H and O–H groups in total. The summed E-state index contributed by atoms with van der Waals surface area (Å²) in [6.07, 6.45) is 6.29. The fraction of sp³-hybridized carbons (Fsp3) is 0.158. The minimum absolute atomic E-state index is 0. The Morgan fingerprint density at radius 1 is 1.04 bits per heavy atom. The third-order valence-corrected chi connectivity index (χ3v) is 3.53. The minimum atomic E-state index is -0.0770. The zero-order chi connectivity index (χ0) is 16.6. The molecule has 0 aliphatic heterocycles. The smallest absolute Gasteiger partial charge is 0.251 e. The highest BCUT2D eigenvalue weighted by molar-refractivity contribution is 5.94. The number of halogens is 1. The lowest BCUT2D eigenvalue weighted by Gasteiger charge is -2.08. The predicted molar refractivity (Wildman–Crippen MR) is 99.4 cm³/mol. The summed E-state index contributed by atoms with van der Waals surface area (Å²) in [6.45, 7) is 1.46. The number of para-hydroxylation sites is 1. The van der Waals surface area contributed by atoms with Crippen molar-refractivity contribution in [3.63, 3.8) is 0 Å². The van der Waals surface area contributed by atoms with Crippen molar-refractivity contribution >= 4 is 18.3 Å². The molecule has 3 rings (SSSR count). The summed E-state index contributed by atoms with van der Waals surface area (Å²) in [5.74, 6) is 1.40. The van der Waals surface area contributed by atoms with E-state index < -0.39 is 0 Å². The van der Waals surface area contributed by atoms with E-state index in [1.165, 1.54) is 0 Å². The van der Waals surface area contributed by atoms with Crippen molar-refractivity contribution in [1.29, 1.82) is 0 Å². The van der Waals surface area contributed by atoms with E-state index in [0.29, 0.717) is 17.9 Å². The van der Waals surface area contributed by atoms with Gasteiger partial charge in [0.1, 0.15) is 11.5 Å². The van der Waals surface area contributed by atoms with Crippen LogP contribution < -0.4 is 10.1 Å². The van der Waals surface area contributed by atoms with Gasteiger partial charge in [0.15, 0.2) is 0 Å². The first-order chi connectivity index (χ1) is 11.8. The molecule has 0 saturated heterocycles. The fourth-order valence-electron chi connectivity index (χ4n) is 2.28. The highest BCUT2D eigenvalue weighted by Gasteiger charge is 2.05. The second-order valence-corrected chi connectivity index (χ2v) is 5.35. The van der Waals surface area contributed by atoms with Gasteiger partial charge in [0.2, 0.25) is 0 Å². The molecule has 0 radical (unpaired) electrons. The summed E-state index contributed by atoms with van der Waals surface area (Å²) in [7, 11) is 0. The van der Waals surface area contributed by atoms with E-state index in [4.69, 9.17) is 4.74 Å². The van der Waals surface area contributed by atoms with Gasteiger partial charge in [0.25, 0.3) is 5.91 Å². The van der Waals surface area contributed by atoms with Gasteiger partial charge in [-0.2, -0.15) is 0 Å². The van der Waals surface area contributed by atoms with E-state index in [0.717, 1.165) is 18.7 Å². The van der Waals surface area contributed by atoms with Crippen molar-refractivity contribution in [2.45, 2.75) is 13.0 Å². The molecular formula is C19H20ClN3O2. The third-order valence-electron chi connectivity index (χ3n) is 3.53. The van der Waals surface area contributed by atoms with Crippen molar-refractivity contribution in [2.24, 2.45) is 0 Å². The van der Waals surface area contributed by atoms with Gasteiger partial charge in [-0.3, -0.25) is 4.79 Å². The summed E-state index contributed by atoms with van der Waals surface area (Å²) in [6, 6.07) is 16.7. The fourth-order valence-corrected chi connectivity index (χ4v) is 2.28. The zero-order valence-corrected chi connectivity index (χ0v) is 14.5. The first kappa shape index (κ1) is 18.5. The van der Waals surface area contributed by atoms with E-state index in [-0.39, 0.29) is 18.3 Å². The van der Waals surface area contributed by atoms with E-state index in [1.807, 2.05) is 41.1 Å². The topological polar surface area (TPSA) is 56.2 Å². The number of amides is 1. The molecule has 0 aliphatic rings. The minimum Gasteiger partial charge on any atom is -0.457 e. The first-order valence-electron chi connectivity index (χ1n) is 7.88. The lowest BCUT2D eigenvalue weighted by molar-refractivity contribution is 0.0952. The Morgan fingerprint density at radius 3 is 2.44 bits per heavy atom. The van der Waals surface area contributed by atoms with Crippen LogP contribution in [-0.2, 0) is 6.54 Å². The van der Waals surface area contributed by atoms with Crippen molar-refractivity contribution in [3.8, 4) is 11.5 Å². The van der Waals surface area contributed by atoms with E-state index >= 15 is 0 Å². The Balaban J connectivity index is 0.00000225. The number of aromatic nitrogens is 2. The molecule has 1 heterocycles. The number of benzene rings is 2. The summed E-state index contributed by atoms with van der Waals surface area (Å²) in [5.41, 5.74) is 0.623. The van der Waals surface area contributed by atoms with Gasteiger partial charge >= 0.3 is 0 Å². The maximum absolute atomic E-state index is 12.1. The molecule has 0 bridgehead atoms. The third kappa shape index (κ3) is 5.65. The van der Waals surface area contributed by atoms with Crippen LogP contribution in [0.15, 0.2) is 73.3 Å². The molecule has 5 nitrogen and oxygen atoms in total. The van der Waals surface area contributed by atoms with Crippen LogP contribution in [0.1, 0.15) is 16.8 Å². The Kier molecular flexibility index (Phi) is 7.04. The molecule has 0 spiro atoms. The molecule has 0 atom stereocenters. The van der Waals surface area contributed by atoms with E-state index in [1.54, 1.807) is 36.8 Å². The van der Waals surface area contributed by atoms with Crippen molar-refractivity contribution in [2.75, 3.05) is 6.54 Å². The van der Waals surface area contributed by atoms with Crippen molar-refractivity contribution < 1.29 is 9.53 Å². The second-order valence-electron chi connectivity index (χ2n) is 5.35. The average Bonchev–Trinajstić information content (AvgIpc) is 3.13. The van der Waals surface area contributed by atoms with Crippen LogP contribution >= 0.6 is 12.4 Å². The Bertz CT molecular complexity index is 759. The summed E-state index contributed by atoms with van der Waals surface area (Å²) in [5, 5.41) is 2.92. The lowest BCUT2D eigenvalue weighted by Crippen LogP contribution is -2.25.